The summed E-state index contributed by atoms with van der Waals surface area (Å²) in [5.41, 5.74) is 2.47. The molecule has 1 N–H and O–H groups in total. The van der Waals surface area contributed by atoms with E-state index in [1.54, 1.807) is 7.11 Å². The van der Waals surface area contributed by atoms with Gasteiger partial charge in [0.15, 0.2) is 0 Å². The lowest BCUT2D eigenvalue weighted by atomic mass is 10.1. The quantitative estimate of drug-likeness (QED) is 0.624. The predicted octanol–water partition coefficient (Wildman–Crippen LogP) is 1.99. The summed E-state index contributed by atoms with van der Waals surface area (Å²) in [6, 6.07) is 6.85. The first-order chi connectivity index (χ1) is 14.5. The van der Waals surface area contributed by atoms with Gasteiger partial charge in [-0.3, -0.25) is 24.7 Å². The third-order valence-electron chi connectivity index (χ3n) is 6.69. The van der Waals surface area contributed by atoms with Crippen molar-refractivity contribution in [3.63, 3.8) is 0 Å². The van der Waals surface area contributed by atoms with Gasteiger partial charge in [0.1, 0.15) is 5.75 Å². The van der Waals surface area contributed by atoms with Gasteiger partial charge in [-0.05, 0) is 56.3 Å². The Balaban J connectivity index is 1.12. The predicted molar refractivity (Wildman–Crippen MR) is 117 cm³/mol. The minimum atomic E-state index is -0.0351. The van der Waals surface area contributed by atoms with E-state index < -0.39 is 0 Å². The molecule has 7 nitrogen and oxygen atoms in total. The SMILES string of the molecule is COc1ccc(C)cc1N1CCN(CCCC2CC2NCN2C(=O)CCC2=O)CC1. The summed E-state index contributed by atoms with van der Waals surface area (Å²) in [6.07, 6.45) is 4.33. The van der Waals surface area contributed by atoms with Crippen molar-refractivity contribution in [1.29, 1.82) is 0 Å². The zero-order chi connectivity index (χ0) is 21.1. The third-order valence-corrected chi connectivity index (χ3v) is 6.69. The maximum Gasteiger partial charge on any atom is 0.230 e. The van der Waals surface area contributed by atoms with Crippen LogP contribution in [0.5, 0.6) is 5.75 Å². The molecular formula is C23H34N4O3. The normalized spacial score (nSPS) is 24.6. The van der Waals surface area contributed by atoms with Gasteiger partial charge in [0.25, 0.3) is 0 Å². The Labute approximate surface area is 179 Å². The van der Waals surface area contributed by atoms with E-state index in [0.717, 1.165) is 44.9 Å². The molecule has 0 aromatic heterocycles. The first-order valence-corrected chi connectivity index (χ1v) is 11.2. The second-order valence-corrected chi connectivity index (χ2v) is 8.83. The number of piperazine rings is 1. The van der Waals surface area contributed by atoms with Gasteiger partial charge in [-0.15, -0.1) is 0 Å². The van der Waals surface area contributed by atoms with Gasteiger partial charge >= 0.3 is 0 Å². The summed E-state index contributed by atoms with van der Waals surface area (Å²) in [4.78, 5) is 29.7. The van der Waals surface area contributed by atoms with Gasteiger partial charge in [0, 0.05) is 45.1 Å². The molecule has 1 aromatic carbocycles. The topological polar surface area (TPSA) is 65.1 Å². The number of ether oxygens (including phenoxy) is 1. The van der Waals surface area contributed by atoms with E-state index in [0.29, 0.717) is 31.5 Å². The third kappa shape index (κ3) is 4.95. The van der Waals surface area contributed by atoms with Crippen molar-refractivity contribution in [3.05, 3.63) is 23.8 Å². The van der Waals surface area contributed by atoms with Crippen molar-refractivity contribution >= 4 is 17.5 Å². The van der Waals surface area contributed by atoms with Crippen LogP contribution in [-0.2, 0) is 9.59 Å². The summed E-state index contributed by atoms with van der Waals surface area (Å²) in [5, 5.41) is 3.39. The van der Waals surface area contributed by atoms with Crippen LogP contribution in [-0.4, -0.2) is 74.2 Å². The summed E-state index contributed by atoms with van der Waals surface area (Å²) < 4.78 is 5.55. The number of carbonyl (C=O) groups is 2. The lowest BCUT2D eigenvalue weighted by molar-refractivity contribution is -0.138. The van der Waals surface area contributed by atoms with Crippen molar-refractivity contribution in [1.82, 2.24) is 15.1 Å². The molecule has 0 bridgehead atoms. The van der Waals surface area contributed by atoms with Crippen LogP contribution in [0.4, 0.5) is 5.69 Å². The zero-order valence-corrected chi connectivity index (χ0v) is 18.2. The number of imide groups is 1. The first kappa shape index (κ1) is 21.1. The standard InChI is InChI=1S/C23H34N4O3/c1-17-5-6-21(30-2)20(14-17)26-12-10-25(11-13-26)9-3-4-18-15-19(18)24-16-27-22(28)7-8-23(27)29/h5-6,14,18-19,24H,3-4,7-13,15-16H2,1-2H3. The number of nitrogens with one attached hydrogen (secondary N) is 1. The van der Waals surface area contributed by atoms with Crippen LogP contribution in [0, 0.1) is 12.8 Å². The molecule has 2 amide bonds. The molecule has 164 valence electrons. The number of likely N-dealkylation sites (tertiary alicyclic amines) is 1. The molecule has 2 saturated heterocycles. The van der Waals surface area contributed by atoms with Crippen LogP contribution in [0.15, 0.2) is 18.2 Å². The number of amides is 2. The zero-order valence-electron chi connectivity index (χ0n) is 18.2. The second kappa shape index (κ2) is 9.35. The minimum Gasteiger partial charge on any atom is -0.495 e. The first-order valence-electron chi connectivity index (χ1n) is 11.2. The van der Waals surface area contributed by atoms with Crippen LogP contribution >= 0.6 is 0 Å². The van der Waals surface area contributed by atoms with Crippen LogP contribution < -0.4 is 15.0 Å². The molecule has 7 heteroatoms. The van der Waals surface area contributed by atoms with Gasteiger partial charge in [-0.2, -0.15) is 0 Å². The fraction of sp³-hybridized carbons (Fsp3) is 0.652. The Kier molecular flexibility index (Phi) is 6.58. The molecule has 0 spiro atoms. The number of hydrogen-bond acceptors (Lipinski definition) is 6. The van der Waals surface area contributed by atoms with Gasteiger partial charge in [0.05, 0.1) is 19.5 Å². The van der Waals surface area contributed by atoms with E-state index >= 15 is 0 Å². The summed E-state index contributed by atoms with van der Waals surface area (Å²) >= 11 is 0. The summed E-state index contributed by atoms with van der Waals surface area (Å²) in [5.74, 6) is 1.58. The lowest BCUT2D eigenvalue weighted by Crippen LogP contribution is -2.46. The Morgan fingerprint density at radius 3 is 2.53 bits per heavy atom. The summed E-state index contributed by atoms with van der Waals surface area (Å²) in [6.45, 7) is 7.90. The monoisotopic (exact) mass is 414 g/mol. The average Bonchev–Trinajstić information content (AvgIpc) is 3.42. The number of anilines is 1. The van der Waals surface area contributed by atoms with Crippen molar-refractivity contribution in [2.24, 2.45) is 5.92 Å². The van der Waals surface area contributed by atoms with Gasteiger partial charge in [-0.25, -0.2) is 0 Å². The molecule has 1 saturated carbocycles. The summed E-state index contributed by atoms with van der Waals surface area (Å²) in [7, 11) is 1.74. The fourth-order valence-electron chi connectivity index (χ4n) is 4.66. The highest BCUT2D eigenvalue weighted by Gasteiger charge is 2.38. The number of methoxy groups -OCH3 is 1. The van der Waals surface area contributed by atoms with Crippen LogP contribution in [0.25, 0.3) is 0 Å². The van der Waals surface area contributed by atoms with E-state index in [-0.39, 0.29) is 11.8 Å². The largest absolute Gasteiger partial charge is 0.495 e. The molecule has 2 atom stereocenters. The lowest BCUT2D eigenvalue weighted by Gasteiger charge is -2.36. The molecule has 3 aliphatic rings. The molecule has 3 fully saturated rings. The van der Waals surface area contributed by atoms with E-state index in [1.807, 2.05) is 0 Å². The van der Waals surface area contributed by atoms with Crippen LogP contribution in [0.2, 0.25) is 0 Å². The number of aryl methyl sites for hydroxylation is 1. The minimum absolute atomic E-state index is 0.0351. The van der Waals surface area contributed by atoms with Crippen molar-refractivity contribution < 1.29 is 14.3 Å². The van der Waals surface area contributed by atoms with Crippen molar-refractivity contribution in [2.75, 3.05) is 51.4 Å². The Hall–Kier alpha value is -2.12. The highest BCUT2D eigenvalue weighted by molar-refractivity contribution is 6.01. The van der Waals surface area contributed by atoms with Gasteiger partial charge < -0.3 is 9.64 Å². The second-order valence-electron chi connectivity index (χ2n) is 8.83. The highest BCUT2D eigenvalue weighted by atomic mass is 16.5. The van der Waals surface area contributed by atoms with Crippen molar-refractivity contribution in [3.8, 4) is 5.75 Å². The molecule has 30 heavy (non-hydrogen) atoms. The molecule has 1 aromatic rings. The van der Waals surface area contributed by atoms with E-state index in [9.17, 15) is 9.59 Å². The Morgan fingerprint density at radius 2 is 1.83 bits per heavy atom. The fourth-order valence-corrected chi connectivity index (χ4v) is 4.66. The van der Waals surface area contributed by atoms with E-state index in [4.69, 9.17) is 4.74 Å². The number of nitrogens with zero attached hydrogens (tertiary/aromatic N) is 3. The van der Waals surface area contributed by atoms with Crippen LogP contribution in [0.1, 0.15) is 37.7 Å². The number of carbonyl (C=O) groups excluding carboxylic acids is 2. The maximum atomic E-state index is 11.7. The molecule has 0 radical (unpaired) electrons. The Morgan fingerprint density at radius 1 is 1.10 bits per heavy atom. The highest BCUT2D eigenvalue weighted by Crippen LogP contribution is 2.35. The number of hydrogen-bond donors (Lipinski definition) is 1. The van der Waals surface area contributed by atoms with Gasteiger partial charge in [0.2, 0.25) is 11.8 Å². The average molecular weight is 415 g/mol. The molecule has 2 unspecified atom stereocenters. The molecule has 2 heterocycles. The molecule has 2 aliphatic heterocycles. The molecule has 4 rings (SSSR count). The smallest absolute Gasteiger partial charge is 0.230 e. The maximum absolute atomic E-state index is 11.7. The number of benzene rings is 1. The van der Waals surface area contributed by atoms with E-state index in [2.05, 4.69) is 40.2 Å². The molecule has 1 aliphatic carbocycles. The molecular weight excluding hydrogens is 380 g/mol. The van der Waals surface area contributed by atoms with Crippen LogP contribution in [0.3, 0.4) is 0 Å². The van der Waals surface area contributed by atoms with Gasteiger partial charge in [-0.1, -0.05) is 6.07 Å². The van der Waals surface area contributed by atoms with Crippen molar-refractivity contribution in [2.45, 2.75) is 45.1 Å². The Bertz CT molecular complexity index is 760. The number of rotatable bonds is 9. The van der Waals surface area contributed by atoms with E-state index in [1.165, 1.54) is 29.0 Å².